The third-order valence-corrected chi connectivity index (χ3v) is 5.14. The Morgan fingerprint density at radius 2 is 1.72 bits per heavy atom. The standard InChI is InChI=1S/C23H23NO5/c1-5-27-17-10-8-14(12-18(17)28-6-2)20-19-21(25)15-11-13(3)7-9-16(15)29-22(19)23(26)24(20)4/h7-12,20H,5-6H2,1-4H3. The topological polar surface area (TPSA) is 69.0 Å². The highest BCUT2D eigenvalue weighted by atomic mass is 16.5. The third kappa shape index (κ3) is 3.05. The Morgan fingerprint density at radius 3 is 2.45 bits per heavy atom. The number of carbonyl (C=O) groups excluding carboxylic acids is 1. The van der Waals surface area contributed by atoms with Crippen LogP contribution in [0.25, 0.3) is 11.0 Å². The lowest BCUT2D eigenvalue weighted by molar-refractivity contribution is 0.0771. The summed E-state index contributed by atoms with van der Waals surface area (Å²) in [6, 6.07) is 10.3. The Balaban J connectivity index is 1.92. The van der Waals surface area contributed by atoms with Crippen LogP contribution < -0.4 is 14.9 Å². The summed E-state index contributed by atoms with van der Waals surface area (Å²) in [5.74, 6) is 1.01. The van der Waals surface area contributed by atoms with E-state index in [1.807, 2.05) is 45.0 Å². The van der Waals surface area contributed by atoms with Crippen molar-refractivity contribution in [2.45, 2.75) is 26.8 Å². The summed E-state index contributed by atoms with van der Waals surface area (Å²) in [5, 5.41) is 0.479. The van der Waals surface area contributed by atoms with E-state index in [4.69, 9.17) is 13.9 Å². The number of amides is 1. The highest BCUT2D eigenvalue weighted by Gasteiger charge is 2.41. The summed E-state index contributed by atoms with van der Waals surface area (Å²) in [6.45, 7) is 6.71. The normalized spacial score (nSPS) is 15.7. The van der Waals surface area contributed by atoms with Crippen molar-refractivity contribution in [1.82, 2.24) is 4.90 Å². The zero-order valence-corrected chi connectivity index (χ0v) is 16.9. The van der Waals surface area contributed by atoms with Crippen LogP contribution in [0.1, 0.15) is 47.1 Å². The number of aryl methyl sites for hydroxylation is 1. The Kier molecular flexibility index (Phi) is 4.78. The quantitative estimate of drug-likeness (QED) is 0.653. The summed E-state index contributed by atoms with van der Waals surface area (Å²) in [6.07, 6.45) is 0. The molecule has 0 radical (unpaired) electrons. The Labute approximate surface area is 168 Å². The lowest BCUT2D eigenvalue weighted by Gasteiger charge is -2.22. The molecule has 2 heterocycles. The monoisotopic (exact) mass is 393 g/mol. The van der Waals surface area contributed by atoms with Crippen LogP contribution >= 0.6 is 0 Å². The lowest BCUT2D eigenvalue weighted by Crippen LogP contribution is -2.25. The minimum Gasteiger partial charge on any atom is -0.490 e. The maximum atomic E-state index is 13.3. The van der Waals surface area contributed by atoms with E-state index in [1.165, 1.54) is 4.90 Å². The number of benzene rings is 2. The first-order chi connectivity index (χ1) is 14.0. The van der Waals surface area contributed by atoms with Gasteiger partial charge in [0.25, 0.3) is 5.91 Å². The van der Waals surface area contributed by atoms with Gasteiger partial charge in [-0.25, -0.2) is 0 Å². The van der Waals surface area contributed by atoms with Gasteiger partial charge in [0.2, 0.25) is 5.76 Å². The van der Waals surface area contributed by atoms with Crippen molar-refractivity contribution in [2.75, 3.05) is 20.3 Å². The molecule has 6 heteroatoms. The molecule has 0 aliphatic carbocycles. The van der Waals surface area contributed by atoms with Crippen LogP contribution in [-0.4, -0.2) is 31.1 Å². The zero-order valence-electron chi connectivity index (χ0n) is 16.9. The van der Waals surface area contributed by atoms with E-state index in [2.05, 4.69) is 0 Å². The molecular weight excluding hydrogens is 370 g/mol. The van der Waals surface area contributed by atoms with Crippen molar-refractivity contribution < 1.29 is 18.7 Å². The number of carbonyl (C=O) groups is 1. The van der Waals surface area contributed by atoms with Gasteiger partial charge in [0.1, 0.15) is 5.58 Å². The van der Waals surface area contributed by atoms with Gasteiger partial charge in [0.05, 0.1) is 30.2 Å². The van der Waals surface area contributed by atoms with E-state index in [-0.39, 0.29) is 17.1 Å². The second-order valence-electron chi connectivity index (χ2n) is 7.06. The molecule has 1 aliphatic rings. The van der Waals surface area contributed by atoms with Gasteiger partial charge in [-0.15, -0.1) is 0 Å². The fourth-order valence-electron chi connectivity index (χ4n) is 3.83. The van der Waals surface area contributed by atoms with E-state index in [1.54, 1.807) is 19.2 Å². The summed E-state index contributed by atoms with van der Waals surface area (Å²) >= 11 is 0. The van der Waals surface area contributed by atoms with Crippen molar-refractivity contribution in [3.05, 3.63) is 69.1 Å². The molecule has 1 atom stereocenters. The molecule has 3 aromatic rings. The van der Waals surface area contributed by atoms with Gasteiger partial charge in [0, 0.05) is 7.05 Å². The summed E-state index contributed by atoms with van der Waals surface area (Å²) in [7, 11) is 1.68. The van der Waals surface area contributed by atoms with E-state index in [9.17, 15) is 9.59 Å². The summed E-state index contributed by atoms with van der Waals surface area (Å²) < 4.78 is 17.2. The second-order valence-corrected chi connectivity index (χ2v) is 7.06. The molecule has 1 aromatic heterocycles. The lowest BCUT2D eigenvalue weighted by atomic mass is 9.98. The molecule has 0 saturated carbocycles. The van der Waals surface area contributed by atoms with Gasteiger partial charge in [-0.3, -0.25) is 9.59 Å². The summed E-state index contributed by atoms with van der Waals surface area (Å²) in [4.78, 5) is 27.7. The molecule has 0 fully saturated rings. The Morgan fingerprint density at radius 1 is 1.00 bits per heavy atom. The van der Waals surface area contributed by atoms with Gasteiger partial charge in [-0.05, 0) is 50.6 Å². The van der Waals surface area contributed by atoms with Crippen LogP contribution in [0.5, 0.6) is 11.5 Å². The minimum atomic E-state index is -0.548. The first kappa shape index (κ1) is 19.1. The average Bonchev–Trinajstić information content (AvgIpc) is 2.95. The fraction of sp³-hybridized carbons (Fsp3) is 0.304. The van der Waals surface area contributed by atoms with E-state index >= 15 is 0 Å². The van der Waals surface area contributed by atoms with E-state index in [0.29, 0.717) is 41.2 Å². The molecule has 6 nitrogen and oxygen atoms in total. The van der Waals surface area contributed by atoms with Crippen LogP contribution in [-0.2, 0) is 0 Å². The summed E-state index contributed by atoms with van der Waals surface area (Å²) in [5.41, 5.74) is 2.33. The number of ether oxygens (including phenoxy) is 2. The van der Waals surface area contributed by atoms with Crippen molar-refractivity contribution in [3.8, 4) is 11.5 Å². The van der Waals surface area contributed by atoms with Crippen LogP contribution in [0, 0.1) is 6.92 Å². The predicted molar refractivity (Wildman–Crippen MR) is 110 cm³/mol. The molecule has 0 saturated heterocycles. The highest BCUT2D eigenvalue weighted by molar-refractivity contribution is 5.98. The van der Waals surface area contributed by atoms with E-state index in [0.717, 1.165) is 11.1 Å². The largest absolute Gasteiger partial charge is 0.490 e. The predicted octanol–water partition coefficient (Wildman–Crippen LogP) is 4.07. The molecule has 0 spiro atoms. The molecular formula is C23H23NO5. The van der Waals surface area contributed by atoms with Gasteiger partial charge >= 0.3 is 0 Å². The van der Waals surface area contributed by atoms with Crippen LogP contribution in [0.2, 0.25) is 0 Å². The molecule has 1 unspecified atom stereocenters. The number of hydrogen-bond donors (Lipinski definition) is 0. The fourth-order valence-corrected chi connectivity index (χ4v) is 3.83. The van der Waals surface area contributed by atoms with Crippen LogP contribution in [0.15, 0.2) is 45.6 Å². The zero-order chi connectivity index (χ0) is 20.7. The molecule has 2 aromatic carbocycles. The smallest absolute Gasteiger partial charge is 0.290 e. The average molecular weight is 393 g/mol. The van der Waals surface area contributed by atoms with Crippen LogP contribution in [0.3, 0.4) is 0 Å². The van der Waals surface area contributed by atoms with Crippen molar-refractivity contribution in [3.63, 3.8) is 0 Å². The van der Waals surface area contributed by atoms with Gasteiger partial charge in [-0.1, -0.05) is 17.7 Å². The first-order valence-corrected chi connectivity index (χ1v) is 9.70. The van der Waals surface area contributed by atoms with Crippen molar-refractivity contribution >= 4 is 16.9 Å². The molecule has 0 N–H and O–H groups in total. The third-order valence-electron chi connectivity index (χ3n) is 5.14. The Hall–Kier alpha value is -3.28. The number of rotatable bonds is 5. The molecule has 1 aliphatic heterocycles. The van der Waals surface area contributed by atoms with Gasteiger partial charge in [0.15, 0.2) is 16.9 Å². The molecule has 0 bridgehead atoms. The van der Waals surface area contributed by atoms with E-state index < -0.39 is 6.04 Å². The molecule has 150 valence electrons. The first-order valence-electron chi connectivity index (χ1n) is 9.70. The van der Waals surface area contributed by atoms with Crippen molar-refractivity contribution in [2.24, 2.45) is 0 Å². The maximum Gasteiger partial charge on any atom is 0.290 e. The van der Waals surface area contributed by atoms with Crippen LogP contribution in [0.4, 0.5) is 0 Å². The number of hydrogen-bond acceptors (Lipinski definition) is 5. The SMILES string of the molecule is CCOc1ccc(C2c3c(oc4ccc(C)cc4c3=O)C(=O)N2C)cc1OCC. The van der Waals surface area contributed by atoms with Crippen molar-refractivity contribution in [1.29, 1.82) is 0 Å². The molecule has 4 rings (SSSR count). The number of fused-ring (bicyclic) bond motifs is 2. The molecule has 1 amide bonds. The minimum absolute atomic E-state index is 0.102. The maximum absolute atomic E-state index is 13.3. The highest BCUT2D eigenvalue weighted by Crippen LogP contribution is 2.40. The van der Waals surface area contributed by atoms with Gasteiger partial charge < -0.3 is 18.8 Å². The number of nitrogens with zero attached hydrogens (tertiary/aromatic N) is 1. The van der Waals surface area contributed by atoms with Gasteiger partial charge in [-0.2, -0.15) is 0 Å². The Bertz CT molecular complexity index is 1160. The second kappa shape index (κ2) is 7.28. The molecule has 29 heavy (non-hydrogen) atoms.